The number of carbonyl (C=O) groups excluding carboxylic acids is 1. The Hall–Kier alpha value is -2.24. The van der Waals surface area contributed by atoms with Crippen LogP contribution in [0.15, 0.2) is 23.4 Å². The smallest absolute Gasteiger partial charge is 0.408 e. The van der Waals surface area contributed by atoms with Crippen LogP contribution in [0.4, 0.5) is 4.79 Å². The van der Waals surface area contributed by atoms with Crippen LogP contribution in [0, 0.1) is 0 Å². The highest BCUT2D eigenvalue weighted by Gasteiger charge is 2.45. The minimum absolute atomic E-state index is 0.0884. The number of carbonyl (C=O) groups is 1. The van der Waals surface area contributed by atoms with Gasteiger partial charge in [0, 0.05) is 5.56 Å². The fraction of sp³-hybridized carbons (Fsp3) is 0.333. The maximum absolute atomic E-state index is 11.2. The first-order valence-corrected chi connectivity index (χ1v) is 5.71. The van der Waals surface area contributed by atoms with E-state index >= 15 is 0 Å². The standard InChI is InChI=1S/C12H13N3O3/c13-10(15-17)8-1-2-9-7(5-8)3-4-12(9)6-18-11(16)14-12/h1-2,5,17H,3-4,6H2,(H2,13,15)(H,14,16). The van der Waals surface area contributed by atoms with Crippen molar-refractivity contribution in [2.24, 2.45) is 10.9 Å². The Balaban J connectivity index is 2.02. The van der Waals surface area contributed by atoms with Gasteiger partial charge < -0.3 is 21.0 Å². The van der Waals surface area contributed by atoms with Crippen molar-refractivity contribution in [3.05, 3.63) is 34.9 Å². The summed E-state index contributed by atoms with van der Waals surface area (Å²) in [6, 6.07) is 5.58. The molecule has 1 amide bonds. The third kappa shape index (κ3) is 1.42. The van der Waals surface area contributed by atoms with Crippen molar-refractivity contribution < 1.29 is 14.7 Å². The molecule has 18 heavy (non-hydrogen) atoms. The Morgan fingerprint density at radius 3 is 3.06 bits per heavy atom. The van der Waals surface area contributed by atoms with E-state index in [0.29, 0.717) is 12.2 Å². The number of nitrogens with zero attached hydrogens (tertiary/aromatic N) is 1. The summed E-state index contributed by atoms with van der Waals surface area (Å²) in [5.74, 6) is 0.0884. The van der Waals surface area contributed by atoms with E-state index in [1.54, 1.807) is 6.07 Å². The molecule has 3 rings (SSSR count). The number of fused-ring (bicyclic) bond motifs is 2. The van der Waals surface area contributed by atoms with Crippen LogP contribution < -0.4 is 11.1 Å². The molecule has 1 unspecified atom stereocenters. The molecule has 94 valence electrons. The quantitative estimate of drug-likeness (QED) is 0.294. The second kappa shape index (κ2) is 3.63. The monoisotopic (exact) mass is 247 g/mol. The second-order valence-electron chi connectivity index (χ2n) is 4.64. The van der Waals surface area contributed by atoms with E-state index in [9.17, 15) is 4.79 Å². The van der Waals surface area contributed by atoms with E-state index < -0.39 is 5.54 Å². The normalized spacial score (nSPS) is 26.0. The Bertz CT molecular complexity index is 555. The number of hydrogen-bond donors (Lipinski definition) is 3. The molecule has 0 radical (unpaired) electrons. The number of rotatable bonds is 1. The highest BCUT2D eigenvalue weighted by atomic mass is 16.6. The topological polar surface area (TPSA) is 96.9 Å². The predicted molar refractivity (Wildman–Crippen MR) is 63.4 cm³/mol. The van der Waals surface area contributed by atoms with Crippen LogP contribution in [0.3, 0.4) is 0 Å². The number of amidine groups is 1. The van der Waals surface area contributed by atoms with Crippen LogP contribution in [0.2, 0.25) is 0 Å². The number of aryl methyl sites for hydroxylation is 1. The summed E-state index contributed by atoms with van der Waals surface area (Å²) in [7, 11) is 0. The van der Waals surface area contributed by atoms with E-state index in [-0.39, 0.29) is 11.9 Å². The first-order chi connectivity index (χ1) is 8.64. The molecule has 0 saturated carbocycles. The Morgan fingerprint density at radius 1 is 1.56 bits per heavy atom. The third-order valence-corrected chi connectivity index (χ3v) is 3.64. The molecule has 2 aliphatic rings. The van der Waals surface area contributed by atoms with Gasteiger partial charge in [-0.05, 0) is 30.0 Å². The molecule has 1 aliphatic heterocycles. The van der Waals surface area contributed by atoms with Crippen molar-refractivity contribution in [2.75, 3.05) is 6.61 Å². The number of benzene rings is 1. The maximum atomic E-state index is 11.2. The molecule has 1 fully saturated rings. The summed E-state index contributed by atoms with van der Waals surface area (Å²) in [6.07, 6.45) is 1.28. The molecule has 4 N–H and O–H groups in total. The van der Waals surface area contributed by atoms with E-state index in [1.165, 1.54) is 0 Å². The molecule has 0 aromatic heterocycles. The molecule has 1 atom stereocenters. The van der Waals surface area contributed by atoms with Crippen molar-refractivity contribution in [2.45, 2.75) is 18.4 Å². The number of oxime groups is 1. The second-order valence-corrected chi connectivity index (χ2v) is 4.64. The Morgan fingerprint density at radius 2 is 2.39 bits per heavy atom. The van der Waals surface area contributed by atoms with Crippen molar-refractivity contribution in [1.29, 1.82) is 0 Å². The fourth-order valence-electron chi connectivity index (χ4n) is 2.70. The van der Waals surface area contributed by atoms with Gasteiger partial charge in [0.1, 0.15) is 12.1 Å². The molecular formula is C12H13N3O3. The molecule has 0 bridgehead atoms. The van der Waals surface area contributed by atoms with Crippen molar-refractivity contribution in [1.82, 2.24) is 5.32 Å². The van der Waals surface area contributed by atoms with Gasteiger partial charge in [-0.3, -0.25) is 0 Å². The van der Waals surface area contributed by atoms with Gasteiger partial charge in [-0.25, -0.2) is 4.79 Å². The molecular weight excluding hydrogens is 234 g/mol. The molecule has 6 nitrogen and oxygen atoms in total. The van der Waals surface area contributed by atoms with Gasteiger partial charge in [0.15, 0.2) is 5.84 Å². The van der Waals surface area contributed by atoms with Gasteiger partial charge in [0.2, 0.25) is 0 Å². The molecule has 6 heteroatoms. The first kappa shape index (κ1) is 10.9. The summed E-state index contributed by atoms with van der Waals surface area (Å²) in [5, 5.41) is 14.5. The lowest BCUT2D eigenvalue weighted by atomic mass is 9.93. The predicted octanol–water partition coefficient (Wildman–Crippen LogP) is 0.662. The van der Waals surface area contributed by atoms with Crippen molar-refractivity contribution in [3.63, 3.8) is 0 Å². The Labute approximate surface area is 103 Å². The highest BCUT2D eigenvalue weighted by Crippen LogP contribution is 2.39. The minimum atomic E-state index is -0.393. The molecule has 1 aromatic rings. The molecule has 1 aromatic carbocycles. The van der Waals surface area contributed by atoms with Crippen LogP contribution >= 0.6 is 0 Å². The fourth-order valence-corrected chi connectivity index (χ4v) is 2.70. The number of ether oxygens (including phenoxy) is 1. The lowest BCUT2D eigenvalue weighted by Crippen LogP contribution is -2.38. The van der Waals surface area contributed by atoms with Crippen LogP contribution in [0.1, 0.15) is 23.1 Å². The zero-order valence-corrected chi connectivity index (χ0v) is 9.64. The Kier molecular flexibility index (Phi) is 2.19. The van der Waals surface area contributed by atoms with Gasteiger partial charge in [0.25, 0.3) is 0 Å². The summed E-state index contributed by atoms with van der Waals surface area (Å²) in [6.45, 7) is 0.363. The summed E-state index contributed by atoms with van der Waals surface area (Å²) >= 11 is 0. The van der Waals surface area contributed by atoms with Crippen LogP contribution in [0.5, 0.6) is 0 Å². The summed E-state index contributed by atoms with van der Waals surface area (Å²) < 4.78 is 5.01. The SMILES string of the molecule is N/C(=N\O)c1ccc2c(c1)CCC21COC(=O)N1. The first-order valence-electron chi connectivity index (χ1n) is 5.71. The van der Waals surface area contributed by atoms with Gasteiger partial charge in [-0.2, -0.15) is 0 Å². The van der Waals surface area contributed by atoms with Gasteiger partial charge in [0.05, 0.1) is 0 Å². The zero-order valence-electron chi connectivity index (χ0n) is 9.64. The lowest BCUT2D eigenvalue weighted by Gasteiger charge is -2.21. The molecule has 1 heterocycles. The number of cyclic esters (lactones) is 1. The van der Waals surface area contributed by atoms with Crippen LogP contribution in [0.25, 0.3) is 0 Å². The molecule has 1 spiro atoms. The average Bonchev–Trinajstić information content (AvgIpc) is 2.94. The van der Waals surface area contributed by atoms with Crippen LogP contribution in [-0.2, 0) is 16.7 Å². The van der Waals surface area contributed by atoms with E-state index in [2.05, 4.69) is 10.5 Å². The van der Waals surface area contributed by atoms with E-state index in [0.717, 1.165) is 24.0 Å². The van der Waals surface area contributed by atoms with Crippen LogP contribution in [-0.4, -0.2) is 23.7 Å². The van der Waals surface area contributed by atoms with Gasteiger partial charge >= 0.3 is 6.09 Å². The average molecular weight is 247 g/mol. The number of amides is 1. The minimum Gasteiger partial charge on any atom is -0.447 e. The molecule has 1 aliphatic carbocycles. The summed E-state index contributed by atoms with van der Waals surface area (Å²) in [4.78, 5) is 11.2. The number of alkyl carbamates (subject to hydrolysis) is 1. The van der Waals surface area contributed by atoms with Crippen molar-refractivity contribution >= 4 is 11.9 Å². The van der Waals surface area contributed by atoms with Crippen molar-refractivity contribution in [3.8, 4) is 0 Å². The lowest BCUT2D eigenvalue weighted by molar-refractivity contribution is 0.172. The maximum Gasteiger partial charge on any atom is 0.408 e. The summed E-state index contributed by atoms with van der Waals surface area (Å²) in [5.41, 5.74) is 8.01. The van der Waals surface area contributed by atoms with E-state index in [4.69, 9.17) is 15.7 Å². The van der Waals surface area contributed by atoms with E-state index in [1.807, 2.05) is 12.1 Å². The highest BCUT2D eigenvalue weighted by molar-refractivity contribution is 5.97. The van der Waals surface area contributed by atoms with Gasteiger partial charge in [-0.1, -0.05) is 17.3 Å². The third-order valence-electron chi connectivity index (χ3n) is 3.64. The number of hydrogen-bond acceptors (Lipinski definition) is 4. The van der Waals surface area contributed by atoms with Gasteiger partial charge in [-0.15, -0.1) is 0 Å². The number of nitrogens with two attached hydrogens (primary N) is 1. The largest absolute Gasteiger partial charge is 0.447 e. The zero-order chi connectivity index (χ0) is 12.8. The molecule has 1 saturated heterocycles. The number of nitrogens with one attached hydrogen (secondary N) is 1.